The molecule has 3 aromatic heterocycles. The molecule has 0 N–H and O–H groups in total. The minimum atomic E-state index is -0.573. The predicted octanol–water partition coefficient (Wildman–Crippen LogP) is 2.69. The molecule has 0 atom stereocenters. The third-order valence-corrected chi connectivity index (χ3v) is 5.69. The summed E-state index contributed by atoms with van der Waals surface area (Å²) < 4.78 is 9.39. The van der Waals surface area contributed by atoms with E-state index in [1.54, 1.807) is 28.6 Å². The number of amides is 1. The van der Waals surface area contributed by atoms with Gasteiger partial charge in [0.2, 0.25) is 5.91 Å². The molecule has 0 radical (unpaired) electrons. The molecule has 0 aliphatic rings. The van der Waals surface area contributed by atoms with Crippen molar-refractivity contribution < 1.29 is 9.21 Å². The van der Waals surface area contributed by atoms with Gasteiger partial charge in [-0.3, -0.25) is 23.4 Å². The Hall–Kier alpha value is -3.88. The summed E-state index contributed by atoms with van der Waals surface area (Å²) in [6.07, 6.45) is 1.49. The van der Waals surface area contributed by atoms with Crippen molar-refractivity contribution in [1.29, 1.82) is 0 Å². The van der Waals surface area contributed by atoms with Crippen LogP contribution in [0.1, 0.15) is 30.9 Å². The zero-order valence-electron chi connectivity index (χ0n) is 19.2. The first kappa shape index (κ1) is 22.3. The fourth-order valence-electron chi connectivity index (χ4n) is 4.16. The second kappa shape index (κ2) is 8.93. The van der Waals surface area contributed by atoms with Crippen LogP contribution in [0.3, 0.4) is 0 Å². The molecule has 33 heavy (non-hydrogen) atoms. The van der Waals surface area contributed by atoms with Crippen LogP contribution < -0.4 is 16.1 Å². The molecule has 3 heterocycles. The third-order valence-electron chi connectivity index (χ3n) is 5.69. The van der Waals surface area contributed by atoms with Crippen LogP contribution in [0.15, 0.2) is 56.7 Å². The van der Waals surface area contributed by atoms with Crippen LogP contribution in [0.4, 0.5) is 5.69 Å². The number of aromatic nitrogens is 4. The van der Waals surface area contributed by atoms with Crippen molar-refractivity contribution in [3.63, 3.8) is 0 Å². The topological polar surface area (TPSA) is 95.3 Å². The first-order valence-corrected chi connectivity index (χ1v) is 11.0. The number of anilines is 1. The molecule has 0 aliphatic heterocycles. The van der Waals surface area contributed by atoms with Crippen LogP contribution in [-0.4, -0.2) is 31.4 Å². The molecule has 4 rings (SSSR count). The van der Waals surface area contributed by atoms with Crippen molar-refractivity contribution in [2.45, 2.75) is 47.3 Å². The van der Waals surface area contributed by atoms with Gasteiger partial charge < -0.3 is 9.32 Å². The van der Waals surface area contributed by atoms with E-state index in [2.05, 4.69) is 5.10 Å². The standard InChI is InChI=1S/C24H27N5O4/c1-5-26(18-10-7-9-16(3)13-18)20(30)15-27-21-17(4)25-29(6-2)22(21)23(31)28(24(27)32)14-19-11-8-12-33-19/h7-13H,5-6,14-15H2,1-4H3. The van der Waals surface area contributed by atoms with Crippen molar-refractivity contribution in [3.8, 4) is 0 Å². The van der Waals surface area contributed by atoms with Gasteiger partial charge in [-0.2, -0.15) is 5.10 Å². The van der Waals surface area contributed by atoms with E-state index in [0.717, 1.165) is 15.8 Å². The number of fused-ring (bicyclic) bond motifs is 1. The summed E-state index contributed by atoms with van der Waals surface area (Å²) >= 11 is 0. The van der Waals surface area contributed by atoms with Crippen LogP contribution in [0.5, 0.6) is 0 Å². The Morgan fingerprint density at radius 1 is 1.06 bits per heavy atom. The molecule has 9 heteroatoms. The second-order valence-corrected chi connectivity index (χ2v) is 7.91. The summed E-state index contributed by atoms with van der Waals surface area (Å²) in [5.41, 5.74) is 1.98. The highest BCUT2D eigenvalue weighted by molar-refractivity contribution is 5.94. The molecular weight excluding hydrogens is 422 g/mol. The van der Waals surface area contributed by atoms with Gasteiger partial charge >= 0.3 is 5.69 Å². The van der Waals surface area contributed by atoms with Gasteiger partial charge in [-0.05, 0) is 57.5 Å². The molecule has 1 aromatic carbocycles. The molecule has 1 amide bonds. The Bertz CT molecular complexity index is 1430. The van der Waals surface area contributed by atoms with E-state index >= 15 is 0 Å². The molecule has 0 spiro atoms. The second-order valence-electron chi connectivity index (χ2n) is 7.91. The normalized spacial score (nSPS) is 11.3. The third kappa shape index (κ3) is 4.02. The molecule has 0 unspecified atom stereocenters. The first-order valence-electron chi connectivity index (χ1n) is 11.0. The number of furan rings is 1. The minimum absolute atomic E-state index is 0.0297. The van der Waals surface area contributed by atoms with Crippen LogP contribution in [-0.2, 0) is 24.4 Å². The number of benzene rings is 1. The molecule has 0 saturated heterocycles. The fourth-order valence-corrected chi connectivity index (χ4v) is 4.16. The summed E-state index contributed by atoms with van der Waals surface area (Å²) in [6.45, 7) is 8.11. The van der Waals surface area contributed by atoms with Crippen LogP contribution in [0.25, 0.3) is 11.0 Å². The summed E-state index contributed by atoms with van der Waals surface area (Å²) in [6, 6.07) is 11.0. The zero-order valence-corrected chi connectivity index (χ0v) is 19.2. The van der Waals surface area contributed by atoms with Crippen molar-refractivity contribution in [1.82, 2.24) is 18.9 Å². The van der Waals surface area contributed by atoms with Gasteiger partial charge in [0.25, 0.3) is 5.56 Å². The van der Waals surface area contributed by atoms with E-state index in [9.17, 15) is 14.4 Å². The van der Waals surface area contributed by atoms with Crippen LogP contribution in [0, 0.1) is 13.8 Å². The maximum absolute atomic E-state index is 13.5. The molecule has 0 aliphatic carbocycles. The van der Waals surface area contributed by atoms with Gasteiger partial charge in [-0.15, -0.1) is 0 Å². The summed E-state index contributed by atoms with van der Waals surface area (Å²) in [7, 11) is 0. The number of hydrogen-bond donors (Lipinski definition) is 0. The smallest absolute Gasteiger partial charge is 0.332 e. The summed E-state index contributed by atoms with van der Waals surface area (Å²) in [4.78, 5) is 41.8. The quantitative estimate of drug-likeness (QED) is 0.432. The number of carbonyl (C=O) groups is 1. The predicted molar refractivity (Wildman–Crippen MR) is 126 cm³/mol. The van der Waals surface area contributed by atoms with Crippen LogP contribution >= 0.6 is 0 Å². The number of hydrogen-bond acceptors (Lipinski definition) is 5. The van der Waals surface area contributed by atoms with E-state index in [1.807, 2.05) is 45.0 Å². The maximum Gasteiger partial charge on any atom is 0.332 e. The summed E-state index contributed by atoms with van der Waals surface area (Å²) in [5.74, 6) is 0.221. The number of likely N-dealkylation sites (N-methyl/N-ethyl adjacent to an activating group) is 1. The van der Waals surface area contributed by atoms with Crippen molar-refractivity contribution in [2.24, 2.45) is 0 Å². The van der Waals surface area contributed by atoms with E-state index in [4.69, 9.17) is 4.42 Å². The molecule has 0 saturated carbocycles. The lowest BCUT2D eigenvalue weighted by Crippen LogP contribution is -2.44. The number of rotatable bonds is 7. The van der Waals surface area contributed by atoms with Gasteiger partial charge in [-0.1, -0.05) is 12.1 Å². The van der Waals surface area contributed by atoms with E-state index in [0.29, 0.717) is 35.6 Å². The first-order chi connectivity index (χ1) is 15.8. The van der Waals surface area contributed by atoms with Gasteiger partial charge in [0.05, 0.1) is 18.5 Å². The largest absolute Gasteiger partial charge is 0.467 e. The van der Waals surface area contributed by atoms with E-state index in [-0.39, 0.29) is 19.0 Å². The molecule has 172 valence electrons. The SMILES string of the molecule is CCN(C(=O)Cn1c(=O)n(Cc2ccco2)c(=O)c2c1c(C)nn2CC)c1cccc(C)c1. The Morgan fingerprint density at radius 2 is 1.85 bits per heavy atom. The molecule has 0 fully saturated rings. The van der Waals surface area contributed by atoms with Gasteiger partial charge in [0, 0.05) is 18.8 Å². The lowest BCUT2D eigenvalue weighted by molar-refractivity contribution is -0.119. The Kier molecular flexibility index (Phi) is 6.04. The number of nitrogens with zero attached hydrogens (tertiary/aromatic N) is 5. The summed E-state index contributed by atoms with van der Waals surface area (Å²) in [5, 5.41) is 4.45. The minimum Gasteiger partial charge on any atom is -0.467 e. The van der Waals surface area contributed by atoms with E-state index in [1.165, 1.54) is 10.8 Å². The van der Waals surface area contributed by atoms with Crippen molar-refractivity contribution >= 4 is 22.6 Å². The number of carbonyl (C=O) groups excluding carboxylic acids is 1. The average Bonchev–Trinajstić information content (AvgIpc) is 3.42. The highest BCUT2D eigenvalue weighted by Crippen LogP contribution is 2.18. The Balaban J connectivity index is 1.87. The van der Waals surface area contributed by atoms with Crippen molar-refractivity contribution in [3.05, 3.63) is 80.5 Å². The maximum atomic E-state index is 13.5. The number of aryl methyl sites for hydroxylation is 3. The monoisotopic (exact) mass is 449 g/mol. The van der Waals surface area contributed by atoms with Gasteiger partial charge in [0.1, 0.15) is 17.8 Å². The zero-order chi connectivity index (χ0) is 23.7. The Morgan fingerprint density at radius 3 is 2.48 bits per heavy atom. The highest BCUT2D eigenvalue weighted by Gasteiger charge is 2.24. The molecular formula is C24H27N5O4. The van der Waals surface area contributed by atoms with Gasteiger partial charge in [0.15, 0.2) is 5.52 Å². The Labute approximate surface area is 190 Å². The molecule has 0 bridgehead atoms. The fraction of sp³-hybridized carbons (Fsp3) is 0.333. The average molecular weight is 450 g/mol. The molecule has 4 aromatic rings. The lowest BCUT2D eigenvalue weighted by Gasteiger charge is -2.22. The highest BCUT2D eigenvalue weighted by atomic mass is 16.3. The van der Waals surface area contributed by atoms with E-state index < -0.39 is 11.2 Å². The lowest BCUT2D eigenvalue weighted by atomic mass is 10.2. The van der Waals surface area contributed by atoms with Gasteiger partial charge in [-0.25, -0.2) is 4.79 Å². The van der Waals surface area contributed by atoms with Crippen molar-refractivity contribution in [2.75, 3.05) is 11.4 Å². The molecule has 9 nitrogen and oxygen atoms in total. The van der Waals surface area contributed by atoms with Crippen LogP contribution in [0.2, 0.25) is 0 Å².